The van der Waals surface area contributed by atoms with Crippen molar-refractivity contribution in [2.45, 2.75) is 6.54 Å². The van der Waals surface area contributed by atoms with Crippen LogP contribution >= 0.6 is 0 Å². The molecule has 1 aromatic carbocycles. The minimum Gasteiger partial charge on any atom is -0.392 e. The molecule has 0 aliphatic rings. The van der Waals surface area contributed by atoms with Crippen LogP contribution in [0, 0.1) is 10.1 Å². The van der Waals surface area contributed by atoms with Crippen molar-refractivity contribution in [2.24, 2.45) is 0 Å². The molecule has 102 valence electrons. The maximum absolute atomic E-state index is 10.9. The molecule has 2 heterocycles. The Hall–Kier alpha value is -2.74. The van der Waals surface area contributed by atoms with Gasteiger partial charge in [0.15, 0.2) is 5.82 Å². The van der Waals surface area contributed by atoms with Gasteiger partial charge in [0, 0.05) is 0 Å². The number of rotatable bonds is 4. The van der Waals surface area contributed by atoms with Gasteiger partial charge < -0.3 is 20.2 Å². The van der Waals surface area contributed by atoms with E-state index in [1.165, 1.54) is 4.57 Å². The van der Waals surface area contributed by atoms with Crippen molar-refractivity contribution < 1.29 is 10.0 Å². The van der Waals surface area contributed by atoms with Crippen LogP contribution in [0.2, 0.25) is 0 Å². The second kappa shape index (κ2) is 4.74. The van der Waals surface area contributed by atoms with Gasteiger partial charge in [0.05, 0.1) is 17.6 Å². The lowest BCUT2D eigenvalue weighted by Gasteiger charge is -2.00. The van der Waals surface area contributed by atoms with Crippen molar-refractivity contribution in [2.75, 3.05) is 6.61 Å². The van der Waals surface area contributed by atoms with Crippen molar-refractivity contribution in [1.29, 1.82) is 0 Å². The number of aromatic nitrogens is 4. The molecule has 3 rings (SSSR count). The van der Waals surface area contributed by atoms with E-state index in [-0.39, 0.29) is 19.0 Å². The van der Waals surface area contributed by atoms with Crippen LogP contribution in [-0.2, 0) is 6.54 Å². The Kier molecular flexibility index (Phi) is 2.92. The fourth-order valence-electron chi connectivity index (χ4n) is 2.08. The number of nitro groups is 1. The highest BCUT2D eigenvalue weighted by Crippen LogP contribution is 2.23. The Balaban J connectivity index is 2.15. The van der Waals surface area contributed by atoms with Crippen LogP contribution in [0.25, 0.3) is 22.7 Å². The molecule has 0 radical (unpaired) electrons. The van der Waals surface area contributed by atoms with Crippen molar-refractivity contribution in [3.8, 4) is 11.6 Å². The molecule has 0 unspecified atom stereocenters. The van der Waals surface area contributed by atoms with Crippen molar-refractivity contribution in [3.63, 3.8) is 0 Å². The van der Waals surface area contributed by atoms with E-state index in [4.69, 9.17) is 5.11 Å². The zero-order chi connectivity index (χ0) is 14.1. The monoisotopic (exact) mass is 273 g/mol. The van der Waals surface area contributed by atoms with Gasteiger partial charge >= 0.3 is 5.82 Å². The minimum absolute atomic E-state index is 0.0860. The first-order valence-corrected chi connectivity index (χ1v) is 5.96. The van der Waals surface area contributed by atoms with Crippen molar-refractivity contribution >= 4 is 16.9 Å². The summed E-state index contributed by atoms with van der Waals surface area (Å²) in [6.45, 7) is -0.132. The number of hydrogen-bond donors (Lipinski definition) is 2. The van der Waals surface area contributed by atoms with E-state index in [0.717, 1.165) is 17.2 Å². The molecule has 0 saturated heterocycles. The summed E-state index contributed by atoms with van der Waals surface area (Å²) in [5.41, 5.74) is 1.58. The summed E-state index contributed by atoms with van der Waals surface area (Å²) in [4.78, 5) is 21.9. The van der Waals surface area contributed by atoms with Crippen molar-refractivity contribution in [3.05, 3.63) is 40.6 Å². The van der Waals surface area contributed by atoms with Crippen LogP contribution < -0.4 is 0 Å². The SMILES string of the molecule is O=[N+]([O-])c1cnc(-c2nc3ccccc3[nH]2)n1CCO. The predicted octanol–water partition coefficient (Wildman–Crippen LogP) is 1.33. The zero-order valence-corrected chi connectivity index (χ0v) is 10.4. The third-order valence-electron chi connectivity index (χ3n) is 2.95. The van der Waals surface area contributed by atoms with Gasteiger partial charge in [-0.1, -0.05) is 12.1 Å². The van der Waals surface area contributed by atoms with Crippen LogP contribution in [0.15, 0.2) is 30.5 Å². The van der Waals surface area contributed by atoms with Crippen LogP contribution in [0.3, 0.4) is 0 Å². The Morgan fingerprint density at radius 3 is 2.90 bits per heavy atom. The molecule has 8 heteroatoms. The van der Waals surface area contributed by atoms with Crippen LogP contribution in [-0.4, -0.2) is 36.2 Å². The number of fused-ring (bicyclic) bond motifs is 1. The second-order valence-corrected chi connectivity index (χ2v) is 4.17. The number of para-hydroxylation sites is 2. The summed E-state index contributed by atoms with van der Waals surface area (Å²) in [6.07, 6.45) is 1.16. The van der Waals surface area contributed by atoms with E-state index in [1.807, 2.05) is 24.3 Å². The molecule has 2 aromatic heterocycles. The molecule has 3 aromatic rings. The second-order valence-electron chi connectivity index (χ2n) is 4.17. The minimum atomic E-state index is -0.533. The molecule has 0 amide bonds. The lowest BCUT2D eigenvalue weighted by Crippen LogP contribution is -2.08. The molecule has 0 aliphatic carbocycles. The van der Waals surface area contributed by atoms with Crippen LogP contribution in [0.4, 0.5) is 5.82 Å². The summed E-state index contributed by atoms with van der Waals surface area (Å²) >= 11 is 0. The number of benzene rings is 1. The molecule has 0 atom stereocenters. The smallest absolute Gasteiger partial charge is 0.343 e. The van der Waals surface area contributed by atoms with E-state index in [9.17, 15) is 10.1 Å². The average Bonchev–Trinajstić information content (AvgIpc) is 3.01. The zero-order valence-electron chi connectivity index (χ0n) is 10.4. The summed E-state index contributed by atoms with van der Waals surface area (Å²) in [6, 6.07) is 7.42. The van der Waals surface area contributed by atoms with Crippen molar-refractivity contribution in [1.82, 2.24) is 19.5 Å². The molecular weight excluding hydrogens is 262 g/mol. The first-order chi connectivity index (χ1) is 9.70. The van der Waals surface area contributed by atoms with Gasteiger partial charge in [-0.2, -0.15) is 0 Å². The van der Waals surface area contributed by atoms with Gasteiger partial charge in [-0.05, 0) is 17.1 Å². The fourth-order valence-corrected chi connectivity index (χ4v) is 2.08. The number of aromatic amines is 1. The molecule has 0 saturated carbocycles. The summed E-state index contributed by atoms with van der Waals surface area (Å²) in [7, 11) is 0. The van der Waals surface area contributed by atoms with E-state index >= 15 is 0 Å². The topological polar surface area (TPSA) is 110 Å². The standard InChI is InChI=1S/C12H11N5O3/c18-6-5-16-10(17(19)20)7-13-12(16)11-14-8-3-1-2-4-9(8)15-11/h1-4,7,18H,5-6H2,(H,14,15). The highest BCUT2D eigenvalue weighted by molar-refractivity contribution is 5.78. The molecule has 0 aliphatic heterocycles. The fraction of sp³-hybridized carbons (Fsp3) is 0.167. The number of aliphatic hydroxyl groups excluding tert-OH is 1. The number of nitrogens with zero attached hydrogens (tertiary/aromatic N) is 4. The normalized spacial score (nSPS) is 11.1. The third-order valence-corrected chi connectivity index (χ3v) is 2.95. The number of hydrogen-bond acceptors (Lipinski definition) is 5. The van der Waals surface area contributed by atoms with Crippen LogP contribution in [0.1, 0.15) is 0 Å². The van der Waals surface area contributed by atoms with E-state index < -0.39 is 4.92 Å². The molecule has 2 N–H and O–H groups in total. The molecule has 0 fully saturated rings. The average molecular weight is 273 g/mol. The highest BCUT2D eigenvalue weighted by atomic mass is 16.6. The number of aliphatic hydroxyl groups is 1. The molecule has 0 spiro atoms. The Morgan fingerprint density at radius 1 is 1.40 bits per heavy atom. The summed E-state index contributed by atoms with van der Waals surface area (Å²) in [5, 5.41) is 20.0. The third kappa shape index (κ3) is 1.91. The maximum atomic E-state index is 10.9. The van der Waals surface area contributed by atoms with Crippen LogP contribution in [0.5, 0.6) is 0 Å². The van der Waals surface area contributed by atoms with E-state index in [2.05, 4.69) is 15.0 Å². The summed E-state index contributed by atoms with van der Waals surface area (Å²) in [5.74, 6) is 0.601. The number of nitrogens with one attached hydrogen (secondary N) is 1. The Morgan fingerprint density at radius 2 is 2.20 bits per heavy atom. The molecule has 8 nitrogen and oxygen atoms in total. The lowest BCUT2D eigenvalue weighted by atomic mass is 10.3. The molecular formula is C12H11N5O3. The van der Waals surface area contributed by atoms with E-state index in [1.54, 1.807) is 0 Å². The van der Waals surface area contributed by atoms with Gasteiger partial charge in [0.2, 0.25) is 0 Å². The first-order valence-electron chi connectivity index (χ1n) is 5.96. The van der Waals surface area contributed by atoms with Gasteiger partial charge in [-0.15, -0.1) is 0 Å². The Labute approximate surface area is 112 Å². The number of H-pyrrole nitrogens is 1. The Bertz CT molecular complexity index is 743. The van der Waals surface area contributed by atoms with Gasteiger partial charge in [-0.25, -0.2) is 14.5 Å². The van der Waals surface area contributed by atoms with Gasteiger partial charge in [-0.3, -0.25) is 0 Å². The maximum Gasteiger partial charge on any atom is 0.343 e. The van der Waals surface area contributed by atoms with Gasteiger partial charge in [0.25, 0.3) is 5.82 Å². The lowest BCUT2D eigenvalue weighted by molar-refractivity contribution is -0.392. The molecule has 20 heavy (non-hydrogen) atoms. The first kappa shape index (κ1) is 12.3. The largest absolute Gasteiger partial charge is 0.392 e. The predicted molar refractivity (Wildman–Crippen MR) is 71.1 cm³/mol. The highest BCUT2D eigenvalue weighted by Gasteiger charge is 2.23. The summed E-state index contributed by atoms with van der Waals surface area (Å²) < 4.78 is 1.33. The van der Waals surface area contributed by atoms with Gasteiger partial charge in [0.1, 0.15) is 12.7 Å². The number of imidazole rings is 2. The molecule has 0 bridgehead atoms. The van der Waals surface area contributed by atoms with E-state index in [0.29, 0.717) is 11.6 Å². The quantitative estimate of drug-likeness (QED) is 0.550.